The van der Waals surface area contributed by atoms with E-state index in [-0.39, 0.29) is 41.1 Å². The summed E-state index contributed by atoms with van der Waals surface area (Å²) in [6.45, 7) is 0.346. The molecule has 0 unspecified atom stereocenters. The van der Waals surface area contributed by atoms with E-state index in [2.05, 4.69) is 0 Å². The fourth-order valence-electron chi connectivity index (χ4n) is 1.99. The molecule has 2 rings (SSSR count). The molecule has 0 saturated carbocycles. The van der Waals surface area contributed by atoms with Crippen molar-refractivity contribution in [2.75, 3.05) is 37.4 Å². The standard InChI is InChI=1S/C12H15ClN2O4S/c1-19-11-7-10(14)9(13)6-8(11)12(16)15-2-4-20(17,18)5-3-15/h6-7H,2-5,14H2,1H3. The van der Waals surface area contributed by atoms with Crippen LogP contribution in [0.15, 0.2) is 12.1 Å². The lowest BCUT2D eigenvalue weighted by atomic mass is 10.1. The number of hydrogen-bond acceptors (Lipinski definition) is 5. The van der Waals surface area contributed by atoms with E-state index in [9.17, 15) is 13.2 Å². The van der Waals surface area contributed by atoms with E-state index in [1.54, 1.807) is 0 Å². The molecule has 1 aliphatic heterocycles. The molecular formula is C12H15ClN2O4S. The maximum atomic E-state index is 12.4. The fourth-order valence-corrected chi connectivity index (χ4v) is 3.36. The van der Waals surface area contributed by atoms with Gasteiger partial charge in [-0.1, -0.05) is 11.6 Å². The summed E-state index contributed by atoms with van der Waals surface area (Å²) in [6, 6.07) is 2.93. The summed E-state index contributed by atoms with van der Waals surface area (Å²) in [5, 5.41) is 0.263. The first-order valence-corrected chi connectivity index (χ1v) is 8.16. The second-order valence-corrected chi connectivity index (χ2v) is 7.23. The molecule has 1 aliphatic rings. The van der Waals surface area contributed by atoms with Crippen LogP contribution in [0.3, 0.4) is 0 Å². The van der Waals surface area contributed by atoms with Gasteiger partial charge in [0.05, 0.1) is 34.9 Å². The molecule has 1 aromatic carbocycles. The molecule has 1 saturated heterocycles. The first kappa shape index (κ1) is 14.9. The molecule has 110 valence electrons. The van der Waals surface area contributed by atoms with E-state index in [0.717, 1.165) is 0 Å². The SMILES string of the molecule is COc1cc(N)c(Cl)cc1C(=O)N1CCS(=O)(=O)CC1. The number of amides is 1. The van der Waals surface area contributed by atoms with E-state index in [1.807, 2.05) is 0 Å². The first-order chi connectivity index (χ1) is 9.34. The minimum atomic E-state index is -3.03. The quantitative estimate of drug-likeness (QED) is 0.815. The van der Waals surface area contributed by atoms with Gasteiger partial charge in [-0.3, -0.25) is 4.79 Å². The summed E-state index contributed by atoms with van der Waals surface area (Å²) >= 11 is 5.92. The third kappa shape index (κ3) is 2.99. The number of nitrogens with two attached hydrogens (primary N) is 1. The molecule has 1 fully saturated rings. The zero-order valence-corrected chi connectivity index (χ0v) is 12.5. The zero-order valence-electron chi connectivity index (χ0n) is 10.9. The van der Waals surface area contributed by atoms with Gasteiger partial charge in [0, 0.05) is 19.2 Å². The highest BCUT2D eigenvalue weighted by Crippen LogP contribution is 2.30. The van der Waals surface area contributed by atoms with Crippen LogP contribution in [0, 0.1) is 0 Å². The van der Waals surface area contributed by atoms with Crippen molar-refractivity contribution < 1.29 is 17.9 Å². The molecule has 6 nitrogen and oxygen atoms in total. The molecule has 0 bridgehead atoms. The van der Waals surface area contributed by atoms with Crippen molar-refractivity contribution in [2.45, 2.75) is 0 Å². The van der Waals surface area contributed by atoms with Crippen LogP contribution in [0.25, 0.3) is 0 Å². The lowest BCUT2D eigenvalue weighted by molar-refractivity contribution is 0.0767. The van der Waals surface area contributed by atoms with E-state index < -0.39 is 9.84 Å². The van der Waals surface area contributed by atoms with Crippen molar-refractivity contribution in [1.82, 2.24) is 4.90 Å². The largest absolute Gasteiger partial charge is 0.496 e. The molecule has 1 aromatic rings. The maximum Gasteiger partial charge on any atom is 0.257 e. The van der Waals surface area contributed by atoms with E-state index in [1.165, 1.54) is 24.1 Å². The van der Waals surface area contributed by atoms with Gasteiger partial charge in [0.2, 0.25) is 0 Å². The third-order valence-corrected chi connectivity index (χ3v) is 5.12. The molecule has 0 aromatic heterocycles. The summed E-state index contributed by atoms with van der Waals surface area (Å²) in [5.41, 5.74) is 6.27. The minimum absolute atomic E-state index is 0.0240. The Morgan fingerprint density at radius 3 is 2.50 bits per heavy atom. The van der Waals surface area contributed by atoms with E-state index in [4.69, 9.17) is 22.1 Å². The Bertz CT molecular complexity index is 631. The number of nitrogens with zero attached hydrogens (tertiary/aromatic N) is 1. The van der Waals surface area contributed by atoms with Gasteiger partial charge in [-0.05, 0) is 6.07 Å². The highest BCUT2D eigenvalue weighted by molar-refractivity contribution is 7.91. The summed E-state index contributed by atoms with van der Waals surface area (Å²) in [6.07, 6.45) is 0. The van der Waals surface area contributed by atoms with Crippen molar-refractivity contribution in [1.29, 1.82) is 0 Å². The lowest BCUT2D eigenvalue weighted by Gasteiger charge is -2.27. The number of methoxy groups -OCH3 is 1. The smallest absolute Gasteiger partial charge is 0.257 e. The Morgan fingerprint density at radius 1 is 1.35 bits per heavy atom. The Morgan fingerprint density at radius 2 is 1.95 bits per heavy atom. The molecule has 0 radical (unpaired) electrons. The Balaban J connectivity index is 2.28. The number of carbonyl (C=O) groups excluding carboxylic acids is 1. The van der Waals surface area contributed by atoms with Gasteiger partial charge >= 0.3 is 0 Å². The molecule has 20 heavy (non-hydrogen) atoms. The number of ether oxygens (including phenoxy) is 1. The highest BCUT2D eigenvalue weighted by Gasteiger charge is 2.27. The predicted octanol–water partition coefficient (Wildman–Crippen LogP) is 0.801. The molecule has 0 aliphatic carbocycles. The number of benzene rings is 1. The van der Waals surface area contributed by atoms with Crippen molar-refractivity contribution >= 4 is 33.0 Å². The van der Waals surface area contributed by atoms with Crippen LogP contribution in [0.2, 0.25) is 5.02 Å². The highest BCUT2D eigenvalue weighted by atomic mass is 35.5. The van der Waals surface area contributed by atoms with Crippen LogP contribution < -0.4 is 10.5 Å². The number of rotatable bonds is 2. The van der Waals surface area contributed by atoms with Gasteiger partial charge < -0.3 is 15.4 Å². The van der Waals surface area contributed by atoms with Crippen molar-refractivity contribution in [3.8, 4) is 5.75 Å². The number of carbonyl (C=O) groups is 1. The average Bonchev–Trinajstić information content (AvgIpc) is 2.40. The van der Waals surface area contributed by atoms with E-state index in [0.29, 0.717) is 11.4 Å². The molecule has 0 atom stereocenters. The van der Waals surface area contributed by atoms with Crippen LogP contribution in [-0.2, 0) is 9.84 Å². The van der Waals surface area contributed by atoms with Gasteiger partial charge in [0.15, 0.2) is 9.84 Å². The lowest BCUT2D eigenvalue weighted by Crippen LogP contribution is -2.43. The third-order valence-electron chi connectivity index (χ3n) is 3.18. The van der Waals surface area contributed by atoms with Gasteiger partial charge in [-0.25, -0.2) is 8.42 Å². The normalized spacial score (nSPS) is 17.8. The van der Waals surface area contributed by atoms with Crippen LogP contribution in [0.5, 0.6) is 5.75 Å². The number of hydrogen-bond donors (Lipinski definition) is 1. The number of anilines is 1. The summed E-state index contributed by atoms with van der Waals surface area (Å²) < 4.78 is 27.9. The second kappa shape index (κ2) is 5.49. The van der Waals surface area contributed by atoms with Crippen LogP contribution in [0.1, 0.15) is 10.4 Å². The molecule has 1 amide bonds. The second-order valence-electron chi connectivity index (χ2n) is 4.52. The number of sulfone groups is 1. The fraction of sp³-hybridized carbons (Fsp3) is 0.417. The monoisotopic (exact) mass is 318 g/mol. The number of nitrogen functional groups attached to an aromatic ring is 1. The summed E-state index contributed by atoms with van der Waals surface area (Å²) in [5.74, 6) is -0.0305. The number of halogens is 1. The van der Waals surface area contributed by atoms with Crippen molar-refractivity contribution in [3.05, 3.63) is 22.7 Å². The summed E-state index contributed by atoms with van der Waals surface area (Å²) in [4.78, 5) is 13.9. The van der Waals surface area contributed by atoms with Gasteiger partial charge in [-0.15, -0.1) is 0 Å². The first-order valence-electron chi connectivity index (χ1n) is 5.97. The Kier molecular flexibility index (Phi) is 4.10. The molecule has 1 heterocycles. The van der Waals surface area contributed by atoms with Crippen LogP contribution in [0.4, 0.5) is 5.69 Å². The molecule has 2 N–H and O–H groups in total. The Labute approximate surface area is 122 Å². The zero-order chi connectivity index (χ0) is 14.9. The van der Waals surface area contributed by atoms with E-state index >= 15 is 0 Å². The molecule has 8 heteroatoms. The summed E-state index contributed by atoms with van der Waals surface area (Å²) in [7, 11) is -1.60. The van der Waals surface area contributed by atoms with Gasteiger partial charge in [0.25, 0.3) is 5.91 Å². The van der Waals surface area contributed by atoms with Gasteiger partial charge in [-0.2, -0.15) is 0 Å². The minimum Gasteiger partial charge on any atom is -0.496 e. The maximum absolute atomic E-state index is 12.4. The van der Waals surface area contributed by atoms with Crippen molar-refractivity contribution in [2.24, 2.45) is 0 Å². The Hall–Kier alpha value is -1.47. The van der Waals surface area contributed by atoms with Crippen molar-refractivity contribution in [3.63, 3.8) is 0 Å². The predicted molar refractivity (Wildman–Crippen MR) is 77.0 cm³/mol. The topological polar surface area (TPSA) is 89.7 Å². The average molecular weight is 319 g/mol. The van der Waals surface area contributed by atoms with Crippen LogP contribution >= 0.6 is 11.6 Å². The molecule has 0 spiro atoms. The molecular weight excluding hydrogens is 304 g/mol. The van der Waals surface area contributed by atoms with Crippen LogP contribution in [-0.4, -0.2) is 50.9 Å². The van der Waals surface area contributed by atoms with Gasteiger partial charge in [0.1, 0.15) is 5.75 Å².